The first-order valence-corrected chi connectivity index (χ1v) is 5.68. The third-order valence-corrected chi connectivity index (χ3v) is 2.29. The number of hydrogen-bond donors (Lipinski definition) is 1. The van der Waals surface area contributed by atoms with Gasteiger partial charge >= 0.3 is 0 Å². The molecule has 0 aliphatic carbocycles. The normalized spacial score (nSPS) is 10.5. The molecule has 0 radical (unpaired) electrons. The first kappa shape index (κ1) is 12.1. The molecule has 0 fully saturated rings. The molecular formula is C13H20O2. The van der Waals surface area contributed by atoms with Crippen LogP contribution < -0.4 is 0 Å². The van der Waals surface area contributed by atoms with Gasteiger partial charge in [0.2, 0.25) is 0 Å². The van der Waals surface area contributed by atoms with E-state index in [0.717, 1.165) is 38.9 Å². The molecule has 0 heterocycles. The van der Waals surface area contributed by atoms with Crippen molar-refractivity contribution < 1.29 is 9.84 Å². The van der Waals surface area contributed by atoms with Gasteiger partial charge in [-0.15, -0.1) is 0 Å². The van der Waals surface area contributed by atoms with E-state index >= 15 is 0 Å². The molecule has 0 aliphatic rings. The average Bonchev–Trinajstić information content (AvgIpc) is 2.26. The minimum Gasteiger partial charge on any atom is -0.508 e. The number of benzene rings is 1. The topological polar surface area (TPSA) is 29.5 Å². The Morgan fingerprint density at radius 2 is 1.80 bits per heavy atom. The highest BCUT2D eigenvalue weighted by molar-refractivity contribution is 5.25. The summed E-state index contributed by atoms with van der Waals surface area (Å²) in [5.74, 6) is 0.338. The van der Waals surface area contributed by atoms with Crippen LogP contribution in [0.4, 0.5) is 0 Å². The molecule has 2 heteroatoms. The molecule has 0 aromatic heterocycles. The maximum absolute atomic E-state index is 9.11. The van der Waals surface area contributed by atoms with Crippen LogP contribution >= 0.6 is 0 Å². The van der Waals surface area contributed by atoms with Crippen LogP contribution in [0.15, 0.2) is 24.3 Å². The summed E-state index contributed by atoms with van der Waals surface area (Å²) >= 11 is 0. The van der Waals surface area contributed by atoms with Crippen molar-refractivity contribution in [3.8, 4) is 5.75 Å². The molecule has 1 rings (SSSR count). The van der Waals surface area contributed by atoms with Crippen molar-refractivity contribution in [1.82, 2.24) is 0 Å². The first-order valence-electron chi connectivity index (χ1n) is 5.68. The van der Waals surface area contributed by atoms with Crippen molar-refractivity contribution in [3.63, 3.8) is 0 Å². The summed E-state index contributed by atoms with van der Waals surface area (Å²) in [6.07, 6.45) is 4.42. The van der Waals surface area contributed by atoms with Gasteiger partial charge < -0.3 is 9.84 Å². The fraction of sp³-hybridized carbons (Fsp3) is 0.538. The third kappa shape index (κ3) is 5.43. The zero-order chi connectivity index (χ0) is 10.9. The van der Waals surface area contributed by atoms with Gasteiger partial charge in [-0.25, -0.2) is 0 Å². The molecule has 0 spiro atoms. The molecule has 84 valence electrons. The van der Waals surface area contributed by atoms with Crippen LogP contribution in [0.1, 0.15) is 31.7 Å². The maximum atomic E-state index is 9.11. The van der Waals surface area contributed by atoms with E-state index in [4.69, 9.17) is 9.84 Å². The standard InChI is InChI=1S/C13H20O2/c1-2-10-15-11-4-3-5-12-6-8-13(14)9-7-12/h6-9,14H,2-5,10-11H2,1H3. The summed E-state index contributed by atoms with van der Waals surface area (Å²) in [4.78, 5) is 0. The fourth-order valence-electron chi connectivity index (χ4n) is 1.44. The third-order valence-electron chi connectivity index (χ3n) is 2.29. The Bertz CT molecular complexity index is 254. The minimum atomic E-state index is 0.338. The molecule has 1 aromatic rings. The van der Waals surface area contributed by atoms with Gasteiger partial charge in [0, 0.05) is 13.2 Å². The van der Waals surface area contributed by atoms with Crippen LogP contribution in [0, 0.1) is 0 Å². The van der Waals surface area contributed by atoms with Crippen molar-refractivity contribution in [1.29, 1.82) is 0 Å². The average molecular weight is 208 g/mol. The Morgan fingerprint density at radius 1 is 1.07 bits per heavy atom. The van der Waals surface area contributed by atoms with Gasteiger partial charge in [-0.2, -0.15) is 0 Å². The largest absolute Gasteiger partial charge is 0.508 e. The van der Waals surface area contributed by atoms with Crippen molar-refractivity contribution in [2.75, 3.05) is 13.2 Å². The summed E-state index contributed by atoms with van der Waals surface area (Å²) in [5, 5.41) is 9.11. The highest BCUT2D eigenvalue weighted by atomic mass is 16.5. The SMILES string of the molecule is CCCOCCCCc1ccc(O)cc1. The van der Waals surface area contributed by atoms with E-state index in [1.54, 1.807) is 12.1 Å². The van der Waals surface area contributed by atoms with Gasteiger partial charge in [-0.3, -0.25) is 0 Å². The summed E-state index contributed by atoms with van der Waals surface area (Å²) in [5.41, 5.74) is 1.28. The molecule has 15 heavy (non-hydrogen) atoms. The van der Waals surface area contributed by atoms with Crippen LogP contribution in [0.3, 0.4) is 0 Å². The molecule has 0 atom stereocenters. The Morgan fingerprint density at radius 3 is 2.47 bits per heavy atom. The van der Waals surface area contributed by atoms with E-state index in [0.29, 0.717) is 5.75 Å². The van der Waals surface area contributed by atoms with Crippen LogP contribution in [0.2, 0.25) is 0 Å². The number of unbranched alkanes of at least 4 members (excludes halogenated alkanes) is 1. The van der Waals surface area contributed by atoms with Crippen LogP contribution in [-0.4, -0.2) is 18.3 Å². The van der Waals surface area contributed by atoms with E-state index in [9.17, 15) is 0 Å². The quantitative estimate of drug-likeness (QED) is 0.697. The lowest BCUT2D eigenvalue weighted by molar-refractivity contribution is 0.131. The van der Waals surface area contributed by atoms with Crippen molar-refractivity contribution in [2.24, 2.45) is 0 Å². The smallest absolute Gasteiger partial charge is 0.115 e. The van der Waals surface area contributed by atoms with Gasteiger partial charge in [0.1, 0.15) is 5.75 Å². The number of ether oxygens (including phenoxy) is 1. The summed E-state index contributed by atoms with van der Waals surface area (Å²) < 4.78 is 5.40. The number of rotatable bonds is 7. The summed E-state index contributed by atoms with van der Waals surface area (Å²) in [6, 6.07) is 7.43. The number of aryl methyl sites for hydroxylation is 1. The lowest BCUT2D eigenvalue weighted by Crippen LogP contribution is -1.96. The number of phenols is 1. The highest BCUT2D eigenvalue weighted by Gasteiger charge is 1.94. The van der Waals surface area contributed by atoms with E-state index in [-0.39, 0.29) is 0 Å². The van der Waals surface area contributed by atoms with Gasteiger partial charge in [-0.05, 0) is 43.4 Å². The van der Waals surface area contributed by atoms with E-state index in [2.05, 4.69) is 6.92 Å². The zero-order valence-corrected chi connectivity index (χ0v) is 9.41. The molecule has 1 aromatic carbocycles. The van der Waals surface area contributed by atoms with Crippen LogP contribution in [0.25, 0.3) is 0 Å². The van der Waals surface area contributed by atoms with Crippen molar-refractivity contribution in [3.05, 3.63) is 29.8 Å². The van der Waals surface area contributed by atoms with Gasteiger partial charge in [0.05, 0.1) is 0 Å². The summed E-state index contributed by atoms with van der Waals surface area (Å²) in [7, 11) is 0. The second-order valence-electron chi connectivity index (χ2n) is 3.74. The highest BCUT2D eigenvalue weighted by Crippen LogP contribution is 2.11. The first-order chi connectivity index (χ1) is 7.33. The molecule has 0 aliphatic heterocycles. The Labute approximate surface area is 91.9 Å². The van der Waals surface area contributed by atoms with E-state index in [1.165, 1.54) is 5.56 Å². The lowest BCUT2D eigenvalue weighted by atomic mass is 10.1. The number of hydrogen-bond acceptors (Lipinski definition) is 2. The van der Waals surface area contributed by atoms with Gasteiger partial charge in [0.15, 0.2) is 0 Å². The lowest BCUT2D eigenvalue weighted by Gasteiger charge is -2.03. The molecule has 0 saturated carbocycles. The molecular weight excluding hydrogens is 188 g/mol. The van der Waals surface area contributed by atoms with Crippen molar-refractivity contribution >= 4 is 0 Å². The van der Waals surface area contributed by atoms with E-state index < -0.39 is 0 Å². The predicted molar refractivity (Wildman–Crippen MR) is 62.2 cm³/mol. The van der Waals surface area contributed by atoms with Gasteiger partial charge in [0.25, 0.3) is 0 Å². The second-order valence-corrected chi connectivity index (χ2v) is 3.74. The maximum Gasteiger partial charge on any atom is 0.115 e. The van der Waals surface area contributed by atoms with Crippen LogP contribution in [-0.2, 0) is 11.2 Å². The number of aromatic hydroxyl groups is 1. The number of phenolic OH excluding ortho intramolecular Hbond substituents is 1. The molecule has 0 bridgehead atoms. The minimum absolute atomic E-state index is 0.338. The monoisotopic (exact) mass is 208 g/mol. The Balaban J connectivity index is 2.07. The second kappa shape index (κ2) is 7.30. The molecule has 1 N–H and O–H groups in total. The summed E-state index contributed by atoms with van der Waals surface area (Å²) in [6.45, 7) is 3.86. The van der Waals surface area contributed by atoms with Gasteiger partial charge in [-0.1, -0.05) is 19.1 Å². The van der Waals surface area contributed by atoms with E-state index in [1.807, 2.05) is 12.1 Å². The Kier molecular flexibility index (Phi) is 5.86. The predicted octanol–water partition coefficient (Wildman–Crippen LogP) is 3.14. The Hall–Kier alpha value is -1.02. The molecule has 0 unspecified atom stereocenters. The molecule has 0 saturated heterocycles. The zero-order valence-electron chi connectivity index (χ0n) is 9.41. The molecule has 0 amide bonds. The molecule has 2 nitrogen and oxygen atoms in total. The fourth-order valence-corrected chi connectivity index (χ4v) is 1.44. The van der Waals surface area contributed by atoms with Crippen LogP contribution in [0.5, 0.6) is 5.75 Å². The van der Waals surface area contributed by atoms with Crippen molar-refractivity contribution in [2.45, 2.75) is 32.6 Å².